The molecule has 0 saturated heterocycles. The second kappa shape index (κ2) is 4.75. The molecule has 0 aliphatic carbocycles. The highest BCUT2D eigenvalue weighted by Crippen LogP contribution is 2.27. The van der Waals surface area contributed by atoms with E-state index in [9.17, 15) is 9.50 Å². The Morgan fingerprint density at radius 3 is 2.71 bits per heavy atom. The van der Waals surface area contributed by atoms with Crippen LogP contribution in [0.3, 0.4) is 0 Å². The predicted molar refractivity (Wildman–Crippen MR) is 56.0 cm³/mol. The lowest BCUT2D eigenvalue weighted by Gasteiger charge is -2.11. The fourth-order valence-electron chi connectivity index (χ4n) is 1.26. The van der Waals surface area contributed by atoms with Gasteiger partial charge in [-0.2, -0.15) is 0 Å². The summed E-state index contributed by atoms with van der Waals surface area (Å²) >= 11 is 3.17. The van der Waals surface area contributed by atoms with Gasteiger partial charge in [-0.3, -0.25) is 0 Å². The van der Waals surface area contributed by atoms with Gasteiger partial charge in [-0.1, -0.05) is 15.9 Å². The molecule has 2 nitrogen and oxygen atoms in total. The molecule has 0 aliphatic heterocycles. The first-order valence-electron chi connectivity index (χ1n) is 4.24. The number of methoxy groups -OCH3 is 1. The SMILES string of the molecule is COc1cc(Br)cc(F)c1C[C@H](C)O. The van der Waals surface area contributed by atoms with E-state index >= 15 is 0 Å². The van der Waals surface area contributed by atoms with Crippen LogP contribution in [0.2, 0.25) is 0 Å². The summed E-state index contributed by atoms with van der Waals surface area (Å²) in [5.74, 6) is 0.0925. The largest absolute Gasteiger partial charge is 0.496 e. The summed E-state index contributed by atoms with van der Waals surface area (Å²) in [4.78, 5) is 0. The van der Waals surface area contributed by atoms with Gasteiger partial charge in [0.15, 0.2) is 0 Å². The first-order chi connectivity index (χ1) is 6.54. The number of halogens is 2. The van der Waals surface area contributed by atoms with Crippen LogP contribution < -0.4 is 4.74 Å². The minimum atomic E-state index is -0.584. The molecule has 0 unspecified atom stereocenters. The number of hydrogen-bond donors (Lipinski definition) is 1. The fraction of sp³-hybridized carbons (Fsp3) is 0.400. The van der Waals surface area contributed by atoms with E-state index in [4.69, 9.17) is 4.74 Å². The third-order valence-corrected chi connectivity index (χ3v) is 2.30. The lowest BCUT2D eigenvalue weighted by Crippen LogP contribution is -2.07. The standard InChI is InChI=1S/C10H12BrFO2/c1-6(13)3-8-9(12)4-7(11)5-10(8)14-2/h4-6,13H,3H2,1-2H3/t6-/m0/s1. The van der Waals surface area contributed by atoms with Gasteiger partial charge < -0.3 is 9.84 Å². The molecule has 0 heterocycles. The van der Waals surface area contributed by atoms with Gasteiger partial charge in [-0.05, 0) is 19.1 Å². The van der Waals surface area contributed by atoms with Crippen LogP contribution in [-0.2, 0) is 6.42 Å². The van der Waals surface area contributed by atoms with Crippen LogP contribution in [0.25, 0.3) is 0 Å². The summed E-state index contributed by atoms with van der Waals surface area (Å²) in [6.07, 6.45) is -0.331. The van der Waals surface area contributed by atoms with Gasteiger partial charge in [0.1, 0.15) is 11.6 Å². The van der Waals surface area contributed by atoms with Gasteiger partial charge in [0.25, 0.3) is 0 Å². The van der Waals surface area contributed by atoms with Crippen molar-refractivity contribution in [3.8, 4) is 5.75 Å². The number of aliphatic hydroxyl groups is 1. The minimum Gasteiger partial charge on any atom is -0.496 e. The molecule has 1 atom stereocenters. The van der Waals surface area contributed by atoms with E-state index in [0.29, 0.717) is 15.8 Å². The first kappa shape index (κ1) is 11.5. The molecule has 0 radical (unpaired) electrons. The van der Waals surface area contributed by atoms with Crippen molar-refractivity contribution in [2.24, 2.45) is 0 Å². The molecule has 0 spiro atoms. The maximum absolute atomic E-state index is 13.4. The zero-order chi connectivity index (χ0) is 10.7. The van der Waals surface area contributed by atoms with Crippen molar-refractivity contribution in [2.45, 2.75) is 19.4 Å². The van der Waals surface area contributed by atoms with Crippen LogP contribution in [0, 0.1) is 5.82 Å². The Morgan fingerprint density at radius 1 is 1.57 bits per heavy atom. The number of rotatable bonds is 3. The van der Waals surface area contributed by atoms with Crippen LogP contribution in [0.4, 0.5) is 4.39 Å². The summed E-state index contributed by atoms with van der Waals surface area (Å²) in [7, 11) is 1.48. The molecule has 0 amide bonds. The molecule has 0 saturated carbocycles. The highest BCUT2D eigenvalue weighted by atomic mass is 79.9. The monoisotopic (exact) mass is 262 g/mol. The van der Waals surface area contributed by atoms with Gasteiger partial charge in [0.05, 0.1) is 13.2 Å². The van der Waals surface area contributed by atoms with E-state index in [1.54, 1.807) is 13.0 Å². The molecule has 1 aromatic carbocycles. The van der Waals surface area contributed by atoms with Crippen molar-refractivity contribution in [2.75, 3.05) is 7.11 Å². The van der Waals surface area contributed by atoms with Gasteiger partial charge in [0.2, 0.25) is 0 Å². The quantitative estimate of drug-likeness (QED) is 0.907. The van der Waals surface area contributed by atoms with E-state index in [-0.39, 0.29) is 12.2 Å². The van der Waals surface area contributed by atoms with Crippen molar-refractivity contribution >= 4 is 15.9 Å². The predicted octanol–water partition coefficient (Wildman–Crippen LogP) is 2.52. The molecule has 14 heavy (non-hydrogen) atoms. The molecule has 0 bridgehead atoms. The third-order valence-electron chi connectivity index (χ3n) is 1.84. The van der Waals surface area contributed by atoms with Crippen molar-refractivity contribution < 1.29 is 14.2 Å². The fourth-order valence-corrected chi connectivity index (χ4v) is 1.66. The summed E-state index contributed by atoms with van der Waals surface area (Å²) in [6.45, 7) is 1.61. The van der Waals surface area contributed by atoms with Crippen LogP contribution in [-0.4, -0.2) is 18.3 Å². The normalized spacial score (nSPS) is 12.6. The molecule has 1 N–H and O–H groups in total. The second-order valence-electron chi connectivity index (χ2n) is 3.12. The molecule has 1 rings (SSSR count). The highest BCUT2D eigenvalue weighted by molar-refractivity contribution is 9.10. The molecule has 78 valence electrons. The molecule has 4 heteroatoms. The highest BCUT2D eigenvalue weighted by Gasteiger charge is 2.12. The Morgan fingerprint density at radius 2 is 2.21 bits per heavy atom. The average molecular weight is 263 g/mol. The van der Waals surface area contributed by atoms with Crippen LogP contribution in [0.5, 0.6) is 5.75 Å². The molecular formula is C10H12BrFO2. The van der Waals surface area contributed by atoms with Crippen molar-refractivity contribution in [1.29, 1.82) is 0 Å². The van der Waals surface area contributed by atoms with Crippen molar-refractivity contribution in [3.05, 3.63) is 28.0 Å². The second-order valence-corrected chi connectivity index (χ2v) is 4.04. The van der Waals surface area contributed by atoms with Gasteiger partial charge >= 0.3 is 0 Å². The molecule has 0 aromatic heterocycles. The zero-order valence-electron chi connectivity index (χ0n) is 8.05. The average Bonchev–Trinajstić information content (AvgIpc) is 2.08. The maximum atomic E-state index is 13.4. The van der Waals surface area contributed by atoms with E-state index in [0.717, 1.165) is 0 Å². The van der Waals surface area contributed by atoms with E-state index in [1.165, 1.54) is 13.2 Å². The molecular weight excluding hydrogens is 251 g/mol. The topological polar surface area (TPSA) is 29.5 Å². The maximum Gasteiger partial charge on any atom is 0.131 e. The summed E-state index contributed by atoms with van der Waals surface area (Å²) < 4.78 is 19.1. The Kier molecular flexibility index (Phi) is 3.89. The zero-order valence-corrected chi connectivity index (χ0v) is 9.64. The van der Waals surface area contributed by atoms with Crippen LogP contribution >= 0.6 is 15.9 Å². The Balaban J connectivity index is 3.11. The minimum absolute atomic E-state index is 0.252. The van der Waals surface area contributed by atoms with Crippen molar-refractivity contribution in [1.82, 2.24) is 0 Å². The summed E-state index contributed by atoms with van der Waals surface area (Å²) in [5.41, 5.74) is 0.408. The Hall–Kier alpha value is -0.610. The molecule has 1 aromatic rings. The first-order valence-corrected chi connectivity index (χ1v) is 5.04. The van der Waals surface area contributed by atoms with Crippen LogP contribution in [0.1, 0.15) is 12.5 Å². The van der Waals surface area contributed by atoms with E-state index in [1.807, 2.05) is 0 Å². The smallest absolute Gasteiger partial charge is 0.131 e. The number of hydrogen-bond acceptors (Lipinski definition) is 2. The number of ether oxygens (including phenoxy) is 1. The van der Waals surface area contributed by atoms with Gasteiger partial charge in [-0.25, -0.2) is 4.39 Å². The lowest BCUT2D eigenvalue weighted by atomic mass is 10.1. The number of aliphatic hydroxyl groups excluding tert-OH is 1. The Labute approximate surface area is 90.8 Å². The van der Waals surface area contributed by atoms with Gasteiger partial charge in [-0.15, -0.1) is 0 Å². The van der Waals surface area contributed by atoms with Crippen LogP contribution in [0.15, 0.2) is 16.6 Å². The third kappa shape index (κ3) is 2.69. The summed E-state index contributed by atoms with van der Waals surface area (Å²) in [6, 6.07) is 3.04. The lowest BCUT2D eigenvalue weighted by molar-refractivity contribution is 0.192. The van der Waals surface area contributed by atoms with Gasteiger partial charge in [0, 0.05) is 16.5 Å². The van der Waals surface area contributed by atoms with E-state index in [2.05, 4.69) is 15.9 Å². The van der Waals surface area contributed by atoms with E-state index < -0.39 is 6.10 Å². The number of benzene rings is 1. The molecule has 0 fully saturated rings. The van der Waals surface area contributed by atoms with Crippen molar-refractivity contribution in [3.63, 3.8) is 0 Å². The molecule has 0 aliphatic rings. The Bertz CT molecular complexity index is 326. The summed E-state index contributed by atoms with van der Waals surface area (Å²) in [5, 5.41) is 9.19.